The highest BCUT2D eigenvalue weighted by atomic mass is 16.5. The summed E-state index contributed by atoms with van der Waals surface area (Å²) in [7, 11) is 0. The summed E-state index contributed by atoms with van der Waals surface area (Å²) < 4.78 is 5.14. The number of carbonyl (C=O) groups is 1. The molecule has 0 saturated heterocycles. The number of esters is 1. The number of anilines is 2. The van der Waals surface area contributed by atoms with Crippen LogP contribution in [-0.2, 0) is 9.53 Å². The summed E-state index contributed by atoms with van der Waals surface area (Å²) in [6.07, 6.45) is 0.650. The average molecular weight is 302 g/mol. The lowest BCUT2D eigenvalue weighted by molar-refractivity contribution is -0.144. The van der Waals surface area contributed by atoms with E-state index >= 15 is 0 Å². The molecule has 2 rings (SSSR count). The van der Waals surface area contributed by atoms with Crippen molar-refractivity contribution in [2.75, 3.05) is 17.7 Å². The molecule has 1 heterocycles. The van der Waals surface area contributed by atoms with Gasteiger partial charge in [0.05, 0.1) is 12.1 Å². The minimum absolute atomic E-state index is 0.174. The fourth-order valence-corrected chi connectivity index (χ4v) is 2.30. The molecule has 0 aliphatic rings. The number of carbonyl (C=O) groups excluding carboxylic acids is 1. The molecule has 1 aromatic carbocycles. The van der Waals surface area contributed by atoms with E-state index in [1.54, 1.807) is 6.92 Å². The quantitative estimate of drug-likeness (QED) is 0.797. The topological polar surface area (TPSA) is 90.1 Å². The molecule has 22 heavy (non-hydrogen) atoms. The number of fused-ring (bicyclic) bond motifs is 1. The van der Waals surface area contributed by atoms with E-state index in [4.69, 9.17) is 10.5 Å². The van der Waals surface area contributed by atoms with Crippen molar-refractivity contribution in [3.8, 4) is 0 Å². The normalized spacial score (nSPS) is 12.4. The molecule has 118 valence electrons. The second-order valence-corrected chi connectivity index (χ2v) is 5.53. The first-order valence-electron chi connectivity index (χ1n) is 7.46. The number of benzene rings is 1. The minimum Gasteiger partial charge on any atom is -0.464 e. The summed E-state index contributed by atoms with van der Waals surface area (Å²) >= 11 is 0. The summed E-state index contributed by atoms with van der Waals surface area (Å²) in [5, 5.41) is 4.00. The Morgan fingerprint density at radius 3 is 2.73 bits per heavy atom. The zero-order chi connectivity index (χ0) is 16.1. The first-order chi connectivity index (χ1) is 10.5. The largest absolute Gasteiger partial charge is 0.464 e. The predicted molar refractivity (Wildman–Crippen MR) is 87.4 cm³/mol. The molecule has 0 saturated carbocycles. The van der Waals surface area contributed by atoms with Gasteiger partial charge in [-0.05, 0) is 31.4 Å². The maximum Gasteiger partial charge on any atom is 0.328 e. The van der Waals surface area contributed by atoms with Crippen LogP contribution in [0.2, 0.25) is 0 Å². The molecule has 1 atom stereocenters. The molecular weight excluding hydrogens is 280 g/mol. The highest BCUT2D eigenvalue weighted by molar-refractivity contribution is 5.91. The Kier molecular flexibility index (Phi) is 5.14. The molecule has 2 aromatic rings. The minimum atomic E-state index is -0.461. The number of aromatic nitrogens is 2. The molecule has 1 unspecified atom stereocenters. The van der Waals surface area contributed by atoms with Crippen LogP contribution in [0.25, 0.3) is 10.9 Å². The third-order valence-corrected chi connectivity index (χ3v) is 3.21. The van der Waals surface area contributed by atoms with E-state index in [-0.39, 0.29) is 11.9 Å². The molecular formula is C16H22N4O2. The van der Waals surface area contributed by atoms with E-state index < -0.39 is 6.04 Å². The van der Waals surface area contributed by atoms with Gasteiger partial charge in [-0.3, -0.25) is 0 Å². The molecule has 0 fully saturated rings. The lowest BCUT2D eigenvalue weighted by atomic mass is 10.0. The van der Waals surface area contributed by atoms with Crippen molar-refractivity contribution in [2.45, 2.75) is 33.2 Å². The zero-order valence-electron chi connectivity index (χ0n) is 13.2. The van der Waals surface area contributed by atoms with Crippen molar-refractivity contribution in [3.63, 3.8) is 0 Å². The fraction of sp³-hybridized carbons (Fsp3) is 0.438. The highest BCUT2D eigenvalue weighted by Crippen LogP contribution is 2.23. The molecule has 0 radical (unpaired) electrons. The summed E-state index contributed by atoms with van der Waals surface area (Å²) in [4.78, 5) is 20.6. The summed E-state index contributed by atoms with van der Waals surface area (Å²) in [5.41, 5.74) is 6.50. The van der Waals surface area contributed by atoms with Crippen LogP contribution in [0.3, 0.4) is 0 Å². The van der Waals surface area contributed by atoms with Gasteiger partial charge in [0.15, 0.2) is 0 Å². The van der Waals surface area contributed by atoms with Crippen molar-refractivity contribution >= 4 is 28.6 Å². The second kappa shape index (κ2) is 7.06. The summed E-state index contributed by atoms with van der Waals surface area (Å²) in [6.45, 7) is 6.25. The first kappa shape index (κ1) is 16.0. The van der Waals surface area contributed by atoms with Gasteiger partial charge in [0.2, 0.25) is 5.95 Å². The number of hydrogen-bond donors (Lipinski definition) is 2. The standard InChI is InChI=1S/C16H22N4O2/c1-4-22-15(21)13(9-10(2)3)18-14-11-7-5-6-8-12(11)19-16(17)20-14/h5-8,10,13H,4,9H2,1-3H3,(H3,17,18,19,20). The fourth-order valence-electron chi connectivity index (χ4n) is 2.30. The number of nitrogen functional groups attached to an aromatic ring is 1. The molecule has 0 spiro atoms. The van der Waals surface area contributed by atoms with Gasteiger partial charge in [0.1, 0.15) is 11.9 Å². The number of hydrogen-bond acceptors (Lipinski definition) is 6. The van der Waals surface area contributed by atoms with Crippen molar-refractivity contribution in [1.82, 2.24) is 9.97 Å². The Bertz CT molecular complexity index is 658. The van der Waals surface area contributed by atoms with E-state index in [2.05, 4.69) is 29.1 Å². The average Bonchev–Trinajstić information content (AvgIpc) is 2.46. The first-order valence-corrected chi connectivity index (χ1v) is 7.46. The van der Waals surface area contributed by atoms with Gasteiger partial charge < -0.3 is 15.8 Å². The Morgan fingerprint density at radius 1 is 1.32 bits per heavy atom. The number of ether oxygens (including phenoxy) is 1. The van der Waals surface area contributed by atoms with Crippen LogP contribution < -0.4 is 11.1 Å². The number of rotatable bonds is 6. The maximum absolute atomic E-state index is 12.1. The Hall–Kier alpha value is -2.37. The Morgan fingerprint density at radius 2 is 2.05 bits per heavy atom. The number of nitrogens with one attached hydrogen (secondary N) is 1. The third-order valence-electron chi connectivity index (χ3n) is 3.21. The van der Waals surface area contributed by atoms with E-state index in [9.17, 15) is 4.79 Å². The van der Waals surface area contributed by atoms with Crippen LogP contribution in [0, 0.1) is 5.92 Å². The lowest BCUT2D eigenvalue weighted by Gasteiger charge is -2.20. The monoisotopic (exact) mass is 302 g/mol. The molecule has 3 N–H and O–H groups in total. The van der Waals surface area contributed by atoms with Crippen molar-refractivity contribution in [3.05, 3.63) is 24.3 Å². The van der Waals surface area contributed by atoms with Crippen LogP contribution >= 0.6 is 0 Å². The summed E-state index contributed by atoms with van der Waals surface area (Å²) in [5.74, 6) is 0.792. The van der Waals surface area contributed by atoms with Gasteiger partial charge in [0, 0.05) is 5.39 Å². The molecule has 1 aromatic heterocycles. The van der Waals surface area contributed by atoms with Crippen LogP contribution in [0.4, 0.5) is 11.8 Å². The van der Waals surface area contributed by atoms with Crippen molar-refractivity contribution in [2.24, 2.45) is 5.92 Å². The van der Waals surface area contributed by atoms with Gasteiger partial charge in [-0.2, -0.15) is 4.98 Å². The van der Waals surface area contributed by atoms with Crippen LogP contribution in [0.15, 0.2) is 24.3 Å². The number of nitrogens with two attached hydrogens (primary N) is 1. The van der Waals surface area contributed by atoms with E-state index in [0.717, 1.165) is 10.9 Å². The van der Waals surface area contributed by atoms with Crippen LogP contribution in [-0.4, -0.2) is 28.6 Å². The molecule has 0 bridgehead atoms. The van der Waals surface area contributed by atoms with Gasteiger partial charge in [-0.1, -0.05) is 26.0 Å². The maximum atomic E-state index is 12.1. The number of nitrogens with zero attached hydrogens (tertiary/aromatic N) is 2. The smallest absolute Gasteiger partial charge is 0.328 e. The molecule has 0 aliphatic heterocycles. The van der Waals surface area contributed by atoms with Gasteiger partial charge >= 0.3 is 5.97 Å². The van der Waals surface area contributed by atoms with Crippen molar-refractivity contribution < 1.29 is 9.53 Å². The van der Waals surface area contributed by atoms with Gasteiger partial charge in [-0.25, -0.2) is 9.78 Å². The zero-order valence-corrected chi connectivity index (χ0v) is 13.2. The Labute approximate surface area is 130 Å². The third kappa shape index (κ3) is 3.84. The van der Waals surface area contributed by atoms with Gasteiger partial charge in [-0.15, -0.1) is 0 Å². The number of para-hydroxylation sites is 1. The second-order valence-electron chi connectivity index (χ2n) is 5.53. The predicted octanol–water partition coefficient (Wildman–Crippen LogP) is 2.60. The molecule has 0 aliphatic carbocycles. The highest BCUT2D eigenvalue weighted by Gasteiger charge is 2.22. The van der Waals surface area contributed by atoms with Crippen LogP contribution in [0.1, 0.15) is 27.2 Å². The molecule has 6 nitrogen and oxygen atoms in total. The van der Waals surface area contributed by atoms with Crippen LogP contribution in [0.5, 0.6) is 0 Å². The van der Waals surface area contributed by atoms with E-state index in [0.29, 0.717) is 24.8 Å². The Balaban J connectivity index is 2.34. The van der Waals surface area contributed by atoms with Crippen molar-refractivity contribution in [1.29, 1.82) is 0 Å². The summed E-state index contributed by atoms with van der Waals surface area (Å²) in [6, 6.07) is 7.08. The molecule has 0 amide bonds. The van der Waals surface area contributed by atoms with E-state index in [1.807, 2.05) is 24.3 Å². The van der Waals surface area contributed by atoms with E-state index in [1.165, 1.54) is 0 Å². The van der Waals surface area contributed by atoms with Gasteiger partial charge in [0.25, 0.3) is 0 Å². The lowest BCUT2D eigenvalue weighted by Crippen LogP contribution is -2.33. The SMILES string of the molecule is CCOC(=O)C(CC(C)C)Nc1nc(N)nc2ccccc12. The molecule has 6 heteroatoms.